The van der Waals surface area contributed by atoms with E-state index in [2.05, 4.69) is 6.92 Å². The molecule has 1 saturated heterocycles. The third kappa shape index (κ3) is 3.81. The molecule has 0 radical (unpaired) electrons. The summed E-state index contributed by atoms with van der Waals surface area (Å²) in [5, 5.41) is 0. The van der Waals surface area contributed by atoms with Crippen LogP contribution in [0.5, 0.6) is 0 Å². The van der Waals surface area contributed by atoms with E-state index in [-0.39, 0.29) is 16.8 Å². The molecule has 1 saturated carbocycles. The number of nitrogens with zero attached hydrogens (tertiary/aromatic N) is 2. The number of aryl methyl sites for hydroxylation is 1. The maximum absolute atomic E-state index is 13.1. The number of sulfonamides is 1. The van der Waals surface area contributed by atoms with Gasteiger partial charge in [-0.3, -0.25) is 4.79 Å². The highest BCUT2D eigenvalue weighted by molar-refractivity contribution is 7.89. The lowest BCUT2D eigenvalue weighted by molar-refractivity contribution is -0.136. The maximum atomic E-state index is 13.1. The van der Waals surface area contributed by atoms with Crippen LogP contribution in [0.1, 0.15) is 51.0 Å². The molecule has 144 valence electrons. The fraction of sp³-hybridized carbons (Fsp3) is 0.650. The van der Waals surface area contributed by atoms with E-state index in [0.717, 1.165) is 43.6 Å². The van der Waals surface area contributed by atoms with Gasteiger partial charge in [-0.2, -0.15) is 4.31 Å². The Morgan fingerprint density at radius 3 is 2.31 bits per heavy atom. The smallest absolute Gasteiger partial charge is 0.243 e. The number of carbonyl (C=O) groups is 1. The summed E-state index contributed by atoms with van der Waals surface area (Å²) in [7, 11) is -1.79. The normalized spacial score (nSPS) is 27.4. The van der Waals surface area contributed by atoms with Gasteiger partial charge in [-0.15, -0.1) is 0 Å². The van der Waals surface area contributed by atoms with Crippen molar-refractivity contribution in [2.75, 3.05) is 13.6 Å². The van der Waals surface area contributed by atoms with Crippen molar-refractivity contribution < 1.29 is 13.2 Å². The summed E-state index contributed by atoms with van der Waals surface area (Å²) in [6, 6.07) is 6.55. The topological polar surface area (TPSA) is 57.7 Å². The van der Waals surface area contributed by atoms with Crippen LogP contribution < -0.4 is 0 Å². The van der Waals surface area contributed by atoms with Gasteiger partial charge in [0.25, 0.3) is 0 Å². The van der Waals surface area contributed by atoms with Gasteiger partial charge in [-0.25, -0.2) is 8.42 Å². The molecule has 26 heavy (non-hydrogen) atoms. The van der Waals surface area contributed by atoms with Crippen LogP contribution in [0.2, 0.25) is 0 Å². The average Bonchev–Trinajstić information content (AvgIpc) is 3.12. The van der Waals surface area contributed by atoms with Gasteiger partial charge in [0.15, 0.2) is 0 Å². The van der Waals surface area contributed by atoms with Gasteiger partial charge in [0.2, 0.25) is 15.9 Å². The third-order valence-electron chi connectivity index (χ3n) is 6.00. The van der Waals surface area contributed by atoms with Crippen LogP contribution >= 0.6 is 0 Å². The van der Waals surface area contributed by atoms with Crippen LogP contribution in [0, 0.1) is 12.8 Å². The minimum atomic E-state index is -3.64. The molecule has 0 N–H and O–H groups in total. The Kier molecular flexibility index (Phi) is 5.72. The van der Waals surface area contributed by atoms with E-state index in [1.807, 2.05) is 18.9 Å². The van der Waals surface area contributed by atoms with Crippen molar-refractivity contribution >= 4 is 15.9 Å². The van der Waals surface area contributed by atoms with Crippen LogP contribution in [0.25, 0.3) is 0 Å². The minimum absolute atomic E-state index is 0.0438. The highest BCUT2D eigenvalue weighted by Gasteiger charge is 2.41. The highest BCUT2D eigenvalue weighted by atomic mass is 32.2. The molecule has 5 nitrogen and oxygen atoms in total. The van der Waals surface area contributed by atoms with Gasteiger partial charge in [-0.05, 0) is 63.5 Å². The SMILES string of the molecule is Cc1ccc(S(=O)(=O)N2CCC[C@H]2C(=O)N(C)C2CCC(C)CC2)cc1. The molecule has 1 aromatic rings. The van der Waals surface area contributed by atoms with Crippen LogP contribution in [-0.4, -0.2) is 49.2 Å². The zero-order valence-electron chi connectivity index (χ0n) is 16.0. The van der Waals surface area contributed by atoms with E-state index in [0.29, 0.717) is 13.0 Å². The van der Waals surface area contributed by atoms with Gasteiger partial charge < -0.3 is 4.90 Å². The molecule has 1 atom stereocenters. The lowest BCUT2D eigenvalue weighted by Crippen LogP contribution is -2.50. The second-order valence-corrected chi connectivity index (χ2v) is 9.84. The minimum Gasteiger partial charge on any atom is -0.341 e. The molecule has 1 heterocycles. The number of benzene rings is 1. The number of likely N-dealkylation sites (N-methyl/N-ethyl adjacent to an activating group) is 1. The lowest BCUT2D eigenvalue weighted by atomic mass is 9.86. The molecule has 6 heteroatoms. The van der Waals surface area contributed by atoms with Gasteiger partial charge in [-0.1, -0.05) is 24.6 Å². The predicted octanol–water partition coefficient (Wildman–Crippen LogP) is 3.19. The zero-order valence-corrected chi connectivity index (χ0v) is 16.8. The van der Waals surface area contributed by atoms with Gasteiger partial charge >= 0.3 is 0 Å². The summed E-state index contributed by atoms with van der Waals surface area (Å²) >= 11 is 0. The van der Waals surface area contributed by atoms with Crippen molar-refractivity contribution in [1.82, 2.24) is 9.21 Å². The van der Waals surface area contributed by atoms with Crippen LogP contribution in [-0.2, 0) is 14.8 Å². The molecular formula is C20H30N2O3S. The Morgan fingerprint density at radius 2 is 1.69 bits per heavy atom. The van der Waals surface area contributed by atoms with E-state index >= 15 is 0 Å². The van der Waals surface area contributed by atoms with Gasteiger partial charge in [0, 0.05) is 19.6 Å². The molecule has 3 rings (SSSR count). The molecule has 1 amide bonds. The quantitative estimate of drug-likeness (QED) is 0.808. The number of hydrogen-bond acceptors (Lipinski definition) is 3. The fourth-order valence-electron chi connectivity index (χ4n) is 4.17. The number of rotatable bonds is 4. The molecule has 0 spiro atoms. The van der Waals surface area contributed by atoms with Gasteiger partial charge in [0.1, 0.15) is 6.04 Å². The first-order chi connectivity index (χ1) is 12.3. The standard InChI is InChI=1S/C20H30N2O3S/c1-15-6-10-17(11-7-15)21(3)20(23)19-5-4-14-22(19)26(24,25)18-12-8-16(2)9-13-18/h8-9,12-13,15,17,19H,4-7,10-11,14H2,1-3H3/t15?,17?,19-/m0/s1. The third-order valence-corrected chi connectivity index (χ3v) is 7.92. The summed E-state index contributed by atoms with van der Waals surface area (Å²) in [4.78, 5) is 15.2. The number of carbonyl (C=O) groups excluding carboxylic acids is 1. The van der Waals surface area contributed by atoms with Crippen molar-refractivity contribution in [2.24, 2.45) is 5.92 Å². The van der Waals surface area contributed by atoms with Crippen LogP contribution in [0.3, 0.4) is 0 Å². The fourth-order valence-corrected chi connectivity index (χ4v) is 5.82. The Bertz CT molecular complexity index is 737. The second kappa shape index (κ2) is 7.69. The van der Waals surface area contributed by atoms with E-state index in [1.54, 1.807) is 24.3 Å². The van der Waals surface area contributed by atoms with E-state index in [4.69, 9.17) is 0 Å². The molecule has 1 aliphatic heterocycles. The molecule has 1 aliphatic carbocycles. The molecule has 2 fully saturated rings. The molecule has 0 unspecified atom stereocenters. The summed E-state index contributed by atoms with van der Waals surface area (Å²) in [6.45, 7) is 4.60. The number of amides is 1. The van der Waals surface area contributed by atoms with Crippen molar-refractivity contribution in [2.45, 2.75) is 69.4 Å². The average molecular weight is 379 g/mol. The van der Waals surface area contributed by atoms with Crippen molar-refractivity contribution in [1.29, 1.82) is 0 Å². The van der Waals surface area contributed by atoms with Crippen molar-refractivity contribution in [3.05, 3.63) is 29.8 Å². The number of hydrogen-bond donors (Lipinski definition) is 0. The van der Waals surface area contributed by atoms with E-state index in [1.165, 1.54) is 4.31 Å². The monoisotopic (exact) mass is 378 g/mol. The Labute approximate surface area is 157 Å². The lowest BCUT2D eigenvalue weighted by Gasteiger charge is -2.36. The molecule has 1 aromatic carbocycles. The van der Waals surface area contributed by atoms with E-state index < -0.39 is 16.1 Å². The molecular weight excluding hydrogens is 348 g/mol. The second-order valence-electron chi connectivity index (χ2n) is 7.95. The van der Waals surface area contributed by atoms with E-state index in [9.17, 15) is 13.2 Å². The Balaban J connectivity index is 1.76. The summed E-state index contributed by atoms with van der Waals surface area (Å²) in [5.41, 5.74) is 1.02. The van der Waals surface area contributed by atoms with Gasteiger partial charge in [0.05, 0.1) is 4.90 Å². The first-order valence-corrected chi connectivity index (χ1v) is 11.1. The largest absolute Gasteiger partial charge is 0.341 e. The first kappa shape index (κ1) is 19.4. The summed E-state index contributed by atoms with van der Waals surface area (Å²) in [6.07, 6.45) is 5.65. The highest BCUT2D eigenvalue weighted by Crippen LogP contribution is 2.31. The first-order valence-electron chi connectivity index (χ1n) is 9.66. The molecule has 2 aliphatic rings. The van der Waals surface area contributed by atoms with Crippen molar-refractivity contribution in [3.8, 4) is 0 Å². The molecule has 0 aromatic heterocycles. The summed E-state index contributed by atoms with van der Waals surface area (Å²) < 4.78 is 27.5. The predicted molar refractivity (Wildman–Crippen MR) is 102 cm³/mol. The van der Waals surface area contributed by atoms with Crippen LogP contribution in [0.15, 0.2) is 29.2 Å². The maximum Gasteiger partial charge on any atom is 0.243 e. The zero-order chi connectivity index (χ0) is 18.9. The summed E-state index contributed by atoms with van der Waals surface area (Å²) in [5.74, 6) is 0.678. The van der Waals surface area contributed by atoms with Crippen LogP contribution in [0.4, 0.5) is 0 Å². The Hall–Kier alpha value is -1.40. The molecule has 0 bridgehead atoms. The Morgan fingerprint density at radius 1 is 1.08 bits per heavy atom. The van der Waals surface area contributed by atoms with Crippen molar-refractivity contribution in [3.63, 3.8) is 0 Å².